The lowest BCUT2D eigenvalue weighted by Gasteiger charge is -2.03. The Morgan fingerprint density at radius 3 is 2.67 bits per heavy atom. The van der Waals surface area contributed by atoms with Crippen LogP contribution in [0.25, 0.3) is 16.8 Å². The summed E-state index contributed by atoms with van der Waals surface area (Å²) >= 11 is 0. The quantitative estimate of drug-likeness (QED) is 0.650. The van der Waals surface area contributed by atoms with Gasteiger partial charge in [0.1, 0.15) is 11.9 Å². The van der Waals surface area contributed by atoms with Crippen molar-refractivity contribution in [3.05, 3.63) is 54.0 Å². The smallest absolute Gasteiger partial charge is 0.173 e. The lowest BCUT2D eigenvalue weighted by Crippen LogP contribution is -1.92. The van der Waals surface area contributed by atoms with E-state index < -0.39 is 0 Å². The Morgan fingerprint density at radius 1 is 1.17 bits per heavy atom. The van der Waals surface area contributed by atoms with Crippen molar-refractivity contribution in [1.82, 2.24) is 14.6 Å². The van der Waals surface area contributed by atoms with Crippen LogP contribution in [0.15, 0.2) is 42.6 Å². The van der Waals surface area contributed by atoms with Crippen LogP contribution >= 0.6 is 0 Å². The van der Waals surface area contributed by atoms with E-state index in [1.807, 2.05) is 49.5 Å². The van der Waals surface area contributed by atoms with Gasteiger partial charge in [0.15, 0.2) is 5.65 Å². The third kappa shape index (κ3) is 1.62. The second-order valence-corrected chi connectivity index (χ2v) is 4.05. The Hall–Kier alpha value is -2.67. The molecule has 86 valence electrons. The first kappa shape index (κ1) is 10.5. The highest BCUT2D eigenvalue weighted by Gasteiger charge is 2.08. The molecule has 0 atom stereocenters. The van der Waals surface area contributed by atoms with Gasteiger partial charge in [-0.1, -0.05) is 30.3 Å². The summed E-state index contributed by atoms with van der Waals surface area (Å²) in [7, 11) is 0. The zero-order valence-electron chi connectivity index (χ0n) is 9.83. The second-order valence-electron chi connectivity index (χ2n) is 4.05. The molecular formula is C14H10N4. The van der Waals surface area contributed by atoms with Crippen molar-refractivity contribution in [1.29, 1.82) is 5.26 Å². The van der Waals surface area contributed by atoms with E-state index in [0.29, 0.717) is 17.0 Å². The maximum atomic E-state index is 9.19. The van der Waals surface area contributed by atoms with E-state index in [1.165, 1.54) is 0 Å². The van der Waals surface area contributed by atoms with E-state index >= 15 is 0 Å². The highest BCUT2D eigenvalue weighted by atomic mass is 15.3. The van der Waals surface area contributed by atoms with E-state index in [9.17, 15) is 5.26 Å². The van der Waals surface area contributed by atoms with Crippen LogP contribution in [-0.4, -0.2) is 14.6 Å². The second kappa shape index (κ2) is 3.97. The molecule has 4 heteroatoms. The van der Waals surface area contributed by atoms with Gasteiger partial charge in [-0.3, -0.25) is 0 Å². The van der Waals surface area contributed by atoms with Gasteiger partial charge in [0, 0.05) is 11.8 Å². The van der Waals surface area contributed by atoms with E-state index in [0.717, 1.165) is 11.1 Å². The number of hydrogen-bond donors (Lipinski definition) is 0. The van der Waals surface area contributed by atoms with Gasteiger partial charge in [-0.05, 0) is 18.6 Å². The number of fused-ring (bicyclic) bond motifs is 1. The Kier molecular flexibility index (Phi) is 2.31. The summed E-state index contributed by atoms with van der Waals surface area (Å²) in [6.07, 6.45) is 1.89. The van der Waals surface area contributed by atoms with Crippen LogP contribution in [-0.2, 0) is 0 Å². The molecule has 0 saturated heterocycles. The Labute approximate surface area is 104 Å². The average molecular weight is 234 g/mol. The molecule has 0 N–H and O–H groups in total. The predicted molar refractivity (Wildman–Crippen MR) is 67.9 cm³/mol. The van der Waals surface area contributed by atoms with Gasteiger partial charge in [0.05, 0.1) is 5.56 Å². The Morgan fingerprint density at radius 2 is 1.94 bits per heavy atom. The number of nitriles is 1. The summed E-state index contributed by atoms with van der Waals surface area (Å²) in [4.78, 5) is 4.25. The Balaban J connectivity index is 2.30. The van der Waals surface area contributed by atoms with Crippen LogP contribution < -0.4 is 0 Å². The summed E-state index contributed by atoms with van der Waals surface area (Å²) in [5.41, 5.74) is 3.17. The minimum absolute atomic E-state index is 0.539. The average Bonchev–Trinajstić information content (AvgIpc) is 2.78. The van der Waals surface area contributed by atoms with Crippen LogP contribution in [0.2, 0.25) is 0 Å². The first-order valence-electron chi connectivity index (χ1n) is 5.60. The number of rotatable bonds is 1. The van der Waals surface area contributed by atoms with Crippen LogP contribution in [0.1, 0.15) is 11.4 Å². The zero-order valence-corrected chi connectivity index (χ0v) is 9.83. The predicted octanol–water partition coefficient (Wildman–Crippen LogP) is 2.58. The first-order chi connectivity index (χ1) is 8.78. The lowest BCUT2D eigenvalue weighted by molar-refractivity contribution is 0.931. The van der Waals surface area contributed by atoms with Crippen LogP contribution in [0, 0.1) is 18.3 Å². The standard InChI is InChI=1S/C14H10N4/c1-10-16-14-12(8-15)7-13(9-18(14)17-10)11-5-3-2-4-6-11/h2-7,9H,1H3. The molecule has 1 aromatic carbocycles. The zero-order chi connectivity index (χ0) is 12.5. The number of aromatic nitrogens is 3. The lowest BCUT2D eigenvalue weighted by atomic mass is 10.1. The minimum atomic E-state index is 0.539. The fraction of sp³-hybridized carbons (Fsp3) is 0.0714. The summed E-state index contributed by atoms with van der Waals surface area (Å²) < 4.78 is 1.66. The summed E-state index contributed by atoms with van der Waals surface area (Å²) in [5.74, 6) is 0.664. The number of benzene rings is 1. The van der Waals surface area contributed by atoms with Crippen LogP contribution in [0.3, 0.4) is 0 Å². The maximum absolute atomic E-state index is 9.19. The summed E-state index contributed by atoms with van der Waals surface area (Å²) in [6.45, 7) is 1.82. The minimum Gasteiger partial charge on any atom is -0.219 e. The van der Waals surface area contributed by atoms with Crippen LogP contribution in [0.4, 0.5) is 0 Å². The van der Waals surface area contributed by atoms with Gasteiger partial charge in [-0.25, -0.2) is 9.50 Å². The molecule has 0 spiro atoms. The van der Waals surface area contributed by atoms with Crippen molar-refractivity contribution >= 4 is 5.65 Å². The molecule has 2 heterocycles. The largest absolute Gasteiger partial charge is 0.219 e. The SMILES string of the molecule is Cc1nc2c(C#N)cc(-c3ccccc3)cn2n1. The Bertz CT molecular complexity index is 751. The van der Waals surface area contributed by atoms with Crippen LogP contribution in [0.5, 0.6) is 0 Å². The maximum Gasteiger partial charge on any atom is 0.173 e. The molecule has 2 aromatic heterocycles. The number of hydrogen-bond acceptors (Lipinski definition) is 3. The molecule has 0 amide bonds. The molecule has 0 bridgehead atoms. The monoisotopic (exact) mass is 234 g/mol. The number of aryl methyl sites for hydroxylation is 1. The van der Waals surface area contributed by atoms with E-state index in [4.69, 9.17) is 0 Å². The molecule has 0 aliphatic carbocycles. The highest BCUT2D eigenvalue weighted by molar-refractivity contribution is 5.69. The van der Waals surface area contributed by atoms with Crippen molar-refractivity contribution in [2.75, 3.05) is 0 Å². The van der Waals surface area contributed by atoms with Crippen molar-refractivity contribution < 1.29 is 0 Å². The van der Waals surface area contributed by atoms with E-state index in [1.54, 1.807) is 4.52 Å². The van der Waals surface area contributed by atoms with Gasteiger partial charge in [0.2, 0.25) is 0 Å². The summed E-state index contributed by atoms with van der Waals surface area (Å²) in [6, 6.07) is 13.9. The normalized spacial score (nSPS) is 10.4. The van der Waals surface area contributed by atoms with Crippen molar-refractivity contribution in [2.24, 2.45) is 0 Å². The molecule has 0 saturated carbocycles. The molecule has 0 radical (unpaired) electrons. The third-order valence-electron chi connectivity index (χ3n) is 2.77. The molecule has 3 aromatic rings. The third-order valence-corrected chi connectivity index (χ3v) is 2.77. The molecule has 0 aliphatic heterocycles. The summed E-state index contributed by atoms with van der Waals surface area (Å²) in [5, 5.41) is 13.4. The topological polar surface area (TPSA) is 54.0 Å². The highest BCUT2D eigenvalue weighted by Crippen LogP contribution is 2.21. The fourth-order valence-corrected chi connectivity index (χ4v) is 1.96. The van der Waals surface area contributed by atoms with Gasteiger partial charge < -0.3 is 0 Å². The van der Waals surface area contributed by atoms with Gasteiger partial charge in [-0.2, -0.15) is 10.4 Å². The van der Waals surface area contributed by atoms with Gasteiger partial charge in [-0.15, -0.1) is 0 Å². The fourth-order valence-electron chi connectivity index (χ4n) is 1.96. The molecule has 18 heavy (non-hydrogen) atoms. The number of pyridine rings is 1. The molecular weight excluding hydrogens is 224 g/mol. The van der Waals surface area contributed by atoms with Crippen molar-refractivity contribution in [2.45, 2.75) is 6.92 Å². The van der Waals surface area contributed by atoms with Gasteiger partial charge >= 0.3 is 0 Å². The molecule has 4 nitrogen and oxygen atoms in total. The van der Waals surface area contributed by atoms with Crippen molar-refractivity contribution in [3.8, 4) is 17.2 Å². The first-order valence-corrected chi connectivity index (χ1v) is 5.60. The number of nitrogens with zero attached hydrogens (tertiary/aromatic N) is 4. The van der Waals surface area contributed by atoms with Crippen molar-refractivity contribution in [3.63, 3.8) is 0 Å². The molecule has 3 rings (SSSR count). The molecule has 0 aliphatic rings. The molecule has 0 fully saturated rings. The van der Waals surface area contributed by atoms with E-state index in [-0.39, 0.29) is 0 Å². The molecule has 0 unspecified atom stereocenters. The van der Waals surface area contributed by atoms with E-state index in [2.05, 4.69) is 16.2 Å². The van der Waals surface area contributed by atoms with Gasteiger partial charge in [0.25, 0.3) is 0 Å².